The average molecular weight is 305 g/mol. The molecule has 112 valence electrons. The van der Waals surface area contributed by atoms with Gasteiger partial charge in [0.25, 0.3) is 5.56 Å². The van der Waals surface area contributed by atoms with Crippen LogP contribution in [0.5, 0.6) is 0 Å². The smallest absolute Gasteiger partial charge is 0.344 e. The SMILES string of the molecule is C.O=c1ccc2cnc3nc2n1CC1CCCCC1[S+]3[O-]. The van der Waals surface area contributed by atoms with E-state index in [2.05, 4.69) is 9.97 Å². The van der Waals surface area contributed by atoms with Gasteiger partial charge in [0.2, 0.25) is 0 Å². The van der Waals surface area contributed by atoms with Crippen LogP contribution in [0.25, 0.3) is 11.0 Å². The molecule has 0 saturated heterocycles. The van der Waals surface area contributed by atoms with Crippen LogP contribution in [0, 0.1) is 5.92 Å². The highest BCUT2D eigenvalue weighted by atomic mass is 32.2. The molecule has 4 rings (SSSR count). The Morgan fingerprint density at radius 3 is 2.95 bits per heavy atom. The number of fused-ring (bicyclic) bond motifs is 2. The molecule has 0 radical (unpaired) electrons. The Kier molecular flexibility index (Phi) is 3.75. The lowest BCUT2D eigenvalue weighted by Crippen LogP contribution is -2.40. The first kappa shape index (κ1) is 14.5. The van der Waals surface area contributed by atoms with Gasteiger partial charge in [0, 0.05) is 41.3 Å². The van der Waals surface area contributed by atoms with Crippen molar-refractivity contribution in [2.75, 3.05) is 0 Å². The van der Waals surface area contributed by atoms with E-state index in [1.54, 1.807) is 22.9 Å². The third-order valence-electron chi connectivity index (χ3n) is 4.41. The maximum atomic E-state index is 12.7. The number of pyridine rings is 1. The van der Waals surface area contributed by atoms with Crippen molar-refractivity contribution in [3.05, 3.63) is 28.7 Å². The van der Waals surface area contributed by atoms with Crippen molar-refractivity contribution < 1.29 is 4.55 Å². The van der Waals surface area contributed by atoms with Crippen LogP contribution in [0.4, 0.5) is 0 Å². The Morgan fingerprint density at radius 2 is 2.10 bits per heavy atom. The second-order valence-electron chi connectivity index (χ2n) is 5.59. The van der Waals surface area contributed by atoms with E-state index in [0.29, 0.717) is 17.3 Å². The van der Waals surface area contributed by atoms with E-state index >= 15 is 0 Å². The fourth-order valence-corrected chi connectivity index (χ4v) is 4.92. The van der Waals surface area contributed by atoms with Crippen molar-refractivity contribution >= 4 is 22.2 Å². The molecule has 0 N–H and O–H groups in total. The molecule has 1 aliphatic carbocycles. The number of aromatic nitrogens is 3. The van der Waals surface area contributed by atoms with Gasteiger partial charge < -0.3 is 4.55 Å². The Balaban J connectivity index is 0.00000132. The Morgan fingerprint density at radius 1 is 1.29 bits per heavy atom. The molecule has 6 heteroatoms. The van der Waals surface area contributed by atoms with Crippen LogP contribution in [0.1, 0.15) is 33.1 Å². The molecule has 1 aliphatic heterocycles. The second kappa shape index (κ2) is 5.42. The minimum absolute atomic E-state index is 0. The maximum absolute atomic E-state index is 12.7. The normalized spacial score (nSPS) is 27.6. The number of hydrogen-bond donors (Lipinski definition) is 0. The summed E-state index contributed by atoms with van der Waals surface area (Å²) in [6.45, 7) is 0.628. The monoisotopic (exact) mass is 305 g/mol. The van der Waals surface area contributed by atoms with Crippen LogP contribution in [0.2, 0.25) is 0 Å². The Labute approximate surface area is 126 Å². The van der Waals surface area contributed by atoms with Crippen molar-refractivity contribution in [2.24, 2.45) is 5.92 Å². The van der Waals surface area contributed by atoms with Gasteiger partial charge in [-0.1, -0.05) is 13.8 Å². The average Bonchev–Trinajstić information content (AvgIpc) is 2.48. The predicted molar refractivity (Wildman–Crippen MR) is 82.7 cm³/mol. The van der Waals surface area contributed by atoms with E-state index in [4.69, 9.17) is 0 Å². The van der Waals surface area contributed by atoms with Crippen LogP contribution in [-0.4, -0.2) is 24.3 Å². The molecular formula is C15H19N3O2S. The lowest BCUT2D eigenvalue weighted by Gasteiger charge is -2.33. The molecule has 2 aliphatic rings. The third kappa shape index (κ3) is 2.26. The van der Waals surface area contributed by atoms with Crippen LogP contribution in [0.3, 0.4) is 0 Å². The summed E-state index contributed by atoms with van der Waals surface area (Å²) in [5.41, 5.74) is 0.596. The van der Waals surface area contributed by atoms with Crippen LogP contribution in [-0.2, 0) is 17.7 Å². The fraction of sp³-hybridized carbons (Fsp3) is 0.533. The largest absolute Gasteiger partial charge is 0.609 e. The molecule has 2 bridgehead atoms. The lowest BCUT2D eigenvalue weighted by atomic mass is 9.88. The molecule has 21 heavy (non-hydrogen) atoms. The van der Waals surface area contributed by atoms with E-state index < -0.39 is 11.2 Å². The summed E-state index contributed by atoms with van der Waals surface area (Å²) in [6, 6.07) is 3.31. The van der Waals surface area contributed by atoms with E-state index in [1.165, 1.54) is 0 Å². The van der Waals surface area contributed by atoms with Gasteiger partial charge in [-0.15, -0.1) is 0 Å². The highest BCUT2D eigenvalue weighted by molar-refractivity contribution is 7.91. The molecule has 3 heterocycles. The quantitative estimate of drug-likeness (QED) is 0.552. The molecule has 1 fully saturated rings. The minimum Gasteiger partial charge on any atom is -0.609 e. The Hall–Kier alpha value is -1.40. The van der Waals surface area contributed by atoms with E-state index in [0.717, 1.165) is 31.1 Å². The standard InChI is InChI=1S/C14H15N3O2S.CH4/c18-12-6-5-9-7-15-14-16-13(9)17(12)8-10-3-1-2-4-11(10)20(14)19;/h5-7,10-11H,1-4,8H2;1H4. The summed E-state index contributed by atoms with van der Waals surface area (Å²) in [5, 5.41) is 1.30. The first-order valence-corrected chi connectivity index (χ1v) is 8.22. The molecule has 1 saturated carbocycles. The Bertz CT molecular complexity index is 730. The summed E-state index contributed by atoms with van der Waals surface area (Å²) < 4.78 is 14.4. The van der Waals surface area contributed by atoms with Gasteiger partial charge in [-0.3, -0.25) is 9.36 Å². The lowest BCUT2D eigenvalue weighted by molar-refractivity contribution is 0.315. The number of rotatable bonds is 0. The zero-order valence-corrected chi connectivity index (χ0v) is 11.8. The zero-order chi connectivity index (χ0) is 13.7. The fourth-order valence-electron chi connectivity index (χ4n) is 3.36. The van der Waals surface area contributed by atoms with Gasteiger partial charge in [0.05, 0.1) is 0 Å². The predicted octanol–water partition coefficient (Wildman–Crippen LogP) is 2.11. The van der Waals surface area contributed by atoms with Gasteiger partial charge >= 0.3 is 5.16 Å². The maximum Gasteiger partial charge on any atom is 0.344 e. The minimum atomic E-state index is -1.16. The summed E-state index contributed by atoms with van der Waals surface area (Å²) in [4.78, 5) is 20.8. The molecule has 5 nitrogen and oxygen atoms in total. The first-order valence-electron chi connectivity index (χ1n) is 7.01. The van der Waals surface area contributed by atoms with Gasteiger partial charge in [0.15, 0.2) is 5.65 Å². The summed E-state index contributed by atoms with van der Waals surface area (Å²) in [6.07, 6.45) is 5.90. The van der Waals surface area contributed by atoms with Crippen LogP contribution >= 0.6 is 0 Å². The molecule has 2 aromatic heterocycles. The van der Waals surface area contributed by atoms with Crippen LogP contribution < -0.4 is 5.56 Å². The molecule has 3 atom stereocenters. The first-order chi connectivity index (χ1) is 9.74. The van der Waals surface area contributed by atoms with Crippen molar-refractivity contribution in [2.45, 2.75) is 50.1 Å². The molecular weight excluding hydrogens is 286 g/mol. The van der Waals surface area contributed by atoms with Gasteiger partial charge in [-0.2, -0.15) is 9.97 Å². The third-order valence-corrected chi connectivity index (χ3v) is 6.14. The molecule has 0 aromatic carbocycles. The number of nitrogens with zero attached hydrogens (tertiary/aromatic N) is 3. The van der Waals surface area contributed by atoms with Crippen LogP contribution in [0.15, 0.2) is 28.3 Å². The van der Waals surface area contributed by atoms with E-state index in [9.17, 15) is 9.35 Å². The molecule has 0 amide bonds. The van der Waals surface area contributed by atoms with Gasteiger partial charge in [-0.05, 0) is 25.3 Å². The topological polar surface area (TPSA) is 70.8 Å². The highest BCUT2D eigenvalue weighted by Crippen LogP contribution is 2.34. The number of hydrogen-bond acceptors (Lipinski definition) is 4. The summed E-state index contributed by atoms with van der Waals surface area (Å²) in [5.74, 6) is 0.287. The molecule has 2 aromatic rings. The van der Waals surface area contributed by atoms with Crippen molar-refractivity contribution in [3.8, 4) is 0 Å². The van der Waals surface area contributed by atoms with Crippen molar-refractivity contribution in [1.82, 2.24) is 14.5 Å². The van der Waals surface area contributed by atoms with Crippen molar-refractivity contribution in [1.29, 1.82) is 0 Å². The van der Waals surface area contributed by atoms with E-state index in [1.807, 2.05) is 0 Å². The van der Waals surface area contributed by atoms with Gasteiger partial charge in [-0.25, -0.2) is 0 Å². The molecule has 0 spiro atoms. The summed E-state index contributed by atoms with van der Waals surface area (Å²) in [7, 11) is 0. The molecule has 3 unspecified atom stereocenters. The van der Waals surface area contributed by atoms with E-state index in [-0.39, 0.29) is 24.2 Å². The highest BCUT2D eigenvalue weighted by Gasteiger charge is 2.39. The van der Waals surface area contributed by atoms with Crippen molar-refractivity contribution in [3.63, 3.8) is 0 Å². The zero-order valence-electron chi connectivity index (χ0n) is 11.0. The summed E-state index contributed by atoms with van der Waals surface area (Å²) >= 11 is -1.16. The second-order valence-corrected chi connectivity index (χ2v) is 7.16. The van der Waals surface area contributed by atoms with Gasteiger partial charge in [0.1, 0.15) is 5.25 Å².